The van der Waals surface area contributed by atoms with Crippen molar-refractivity contribution in [3.8, 4) is 0 Å². The number of aryl methyl sites for hydroxylation is 1. The molecule has 1 aromatic heterocycles. The number of fused-ring (bicyclic) bond motifs is 1. The second kappa shape index (κ2) is 8.90. The highest BCUT2D eigenvalue weighted by molar-refractivity contribution is 5.93. The third kappa shape index (κ3) is 4.65. The molecule has 150 valence electrons. The van der Waals surface area contributed by atoms with Gasteiger partial charge in [-0.25, -0.2) is 9.67 Å². The first kappa shape index (κ1) is 19.2. The van der Waals surface area contributed by atoms with Crippen molar-refractivity contribution in [2.24, 2.45) is 0 Å². The van der Waals surface area contributed by atoms with E-state index in [9.17, 15) is 4.79 Å². The monoisotopic (exact) mass is 389 g/mol. The lowest BCUT2D eigenvalue weighted by Crippen LogP contribution is -2.24. The van der Waals surface area contributed by atoms with Crippen LogP contribution < -0.4 is 10.6 Å². The molecule has 2 atom stereocenters. The van der Waals surface area contributed by atoms with Gasteiger partial charge in [-0.15, -0.1) is 0 Å². The standard InChI is InChI=1S/C23H27N5O/c1-17(28-16-24-15-26-28)23(29)27-21-12-10-20(11-13-21)25-14-19-8-3-2-6-18-7-4-5-9-22(18)19/h4-5,7,9-13,15-17,19,25H,2-3,6,8,14H2,1H3,(H,27,29). The Labute approximate surface area is 171 Å². The number of nitrogens with zero attached hydrogens (tertiary/aromatic N) is 3. The van der Waals surface area contributed by atoms with E-state index in [4.69, 9.17) is 0 Å². The molecule has 29 heavy (non-hydrogen) atoms. The summed E-state index contributed by atoms with van der Waals surface area (Å²) in [4.78, 5) is 16.2. The maximum absolute atomic E-state index is 12.4. The molecule has 1 heterocycles. The van der Waals surface area contributed by atoms with E-state index in [-0.39, 0.29) is 5.91 Å². The predicted molar refractivity (Wildman–Crippen MR) is 115 cm³/mol. The van der Waals surface area contributed by atoms with Gasteiger partial charge in [-0.1, -0.05) is 30.7 Å². The van der Waals surface area contributed by atoms with E-state index in [2.05, 4.69) is 45.0 Å². The molecular weight excluding hydrogens is 362 g/mol. The fourth-order valence-electron chi connectivity index (χ4n) is 3.93. The van der Waals surface area contributed by atoms with Crippen LogP contribution in [0.1, 0.15) is 49.3 Å². The molecule has 1 aliphatic rings. The third-order valence-corrected chi connectivity index (χ3v) is 5.66. The molecule has 2 unspecified atom stereocenters. The normalized spacial score (nSPS) is 17.1. The van der Waals surface area contributed by atoms with Gasteiger partial charge in [-0.05, 0) is 61.6 Å². The van der Waals surface area contributed by atoms with Crippen LogP contribution in [0.4, 0.5) is 11.4 Å². The van der Waals surface area contributed by atoms with Crippen LogP contribution in [0, 0.1) is 0 Å². The van der Waals surface area contributed by atoms with Crippen molar-refractivity contribution in [1.82, 2.24) is 14.8 Å². The number of nitrogens with one attached hydrogen (secondary N) is 2. The zero-order chi connectivity index (χ0) is 20.1. The number of benzene rings is 2. The van der Waals surface area contributed by atoms with E-state index < -0.39 is 6.04 Å². The van der Waals surface area contributed by atoms with Gasteiger partial charge in [-0.3, -0.25) is 4.79 Å². The average molecular weight is 390 g/mol. The minimum absolute atomic E-state index is 0.119. The zero-order valence-corrected chi connectivity index (χ0v) is 16.7. The van der Waals surface area contributed by atoms with Crippen LogP contribution in [0.25, 0.3) is 0 Å². The molecule has 2 aromatic carbocycles. The maximum Gasteiger partial charge on any atom is 0.249 e. The Bertz CT molecular complexity index is 936. The summed E-state index contributed by atoms with van der Waals surface area (Å²) in [5, 5.41) is 10.5. The second-order valence-corrected chi connectivity index (χ2v) is 7.64. The van der Waals surface area contributed by atoms with Crippen molar-refractivity contribution in [1.29, 1.82) is 0 Å². The molecule has 0 aliphatic heterocycles. The van der Waals surface area contributed by atoms with Crippen molar-refractivity contribution in [2.45, 2.75) is 44.6 Å². The Morgan fingerprint density at radius 1 is 1.14 bits per heavy atom. The van der Waals surface area contributed by atoms with E-state index in [1.165, 1.54) is 47.8 Å². The molecule has 0 saturated heterocycles. The molecule has 0 bridgehead atoms. The largest absolute Gasteiger partial charge is 0.384 e. The second-order valence-electron chi connectivity index (χ2n) is 7.64. The molecule has 1 amide bonds. The number of hydrogen-bond donors (Lipinski definition) is 2. The van der Waals surface area contributed by atoms with Crippen LogP contribution in [0.5, 0.6) is 0 Å². The van der Waals surface area contributed by atoms with Gasteiger partial charge in [0.2, 0.25) is 5.91 Å². The van der Waals surface area contributed by atoms with Crippen LogP contribution in [0.15, 0.2) is 61.2 Å². The minimum Gasteiger partial charge on any atom is -0.384 e. The Kier molecular flexibility index (Phi) is 5.89. The number of carbonyl (C=O) groups excluding carboxylic acids is 1. The number of amides is 1. The Morgan fingerprint density at radius 2 is 1.93 bits per heavy atom. The summed E-state index contributed by atoms with van der Waals surface area (Å²) < 4.78 is 1.54. The van der Waals surface area contributed by atoms with Gasteiger partial charge < -0.3 is 10.6 Å². The van der Waals surface area contributed by atoms with Gasteiger partial charge in [0, 0.05) is 23.8 Å². The van der Waals surface area contributed by atoms with Crippen LogP contribution >= 0.6 is 0 Å². The lowest BCUT2D eigenvalue weighted by atomic mass is 9.92. The lowest BCUT2D eigenvalue weighted by Gasteiger charge is -2.19. The average Bonchev–Trinajstić information content (AvgIpc) is 3.21. The highest BCUT2D eigenvalue weighted by Crippen LogP contribution is 2.30. The lowest BCUT2D eigenvalue weighted by molar-refractivity contribution is -0.119. The van der Waals surface area contributed by atoms with E-state index in [0.717, 1.165) is 17.9 Å². The third-order valence-electron chi connectivity index (χ3n) is 5.66. The van der Waals surface area contributed by atoms with Crippen LogP contribution in [0.3, 0.4) is 0 Å². The molecular formula is C23H27N5O. The summed E-state index contributed by atoms with van der Waals surface area (Å²) in [6.45, 7) is 2.72. The first-order chi connectivity index (χ1) is 14.2. The van der Waals surface area contributed by atoms with Gasteiger partial charge in [0.05, 0.1) is 0 Å². The van der Waals surface area contributed by atoms with Gasteiger partial charge in [-0.2, -0.15) is 5.10 Å². The van der Waals surface area contributed by atoms with Crippen LogP contribution in [-0.2, 0) is 11.2 Å². The summed E-state index contributed by atoms with van der Waals surface area (Å²) in [6, 6.07) is 16.3. The SMILES string of the molecule is CC(C(=O)Nc1ccc(NCC2CCCCc3ccccc32)cc1)n1cncn1. The number of aromatic nitrogens is 3. The van der Waals surface area contributed by atoms with Gasteiger partial charge in [0.15, 0.2) is 0 Å². The Morgan fingerprint density at radius 3 is 2.72 bits per heavy atom. The number of rotatable bonds is 6. The van der Waals surface area contributed by atoms with E-state index in [1.54, 1.807) is 13.3 Å². The summed E-state index contributed by atoms with van der Waals surface area (Å²) in [5.74, 6) is 0.419. The first-order valence-electron chi connectivity index (χ1n) is 10.3. The minimum atomic E-state index is -0.411. The zero-order valence-electron chi connectivity index (χ0n) is 16.7. The van der Waals surface area contributed by atoms with Gasteiger partial charge in [0.25, 0.3) is 0 Å². The summed E-state index contributed by atoms with van der Waals surface area (Å²) in [5.41, 5.74) is 4.82. The van der Waals surface area contributed by atoms with Crippen molar-refractivity contribution in [3.05, 3.63) is 72.3 Å². The number of hydrogen-bond acceptors (Lipinski definition) is 4. The van der Waals surface area contributed by atoms with Crippen LogP contribution in [-0.4, -0.2) is 27.2 Å². The molecule has 4 rings (SSSR count). The van der Waals surface area contributed by atoms with Gasteiger partial charge >= 0.3 is 0 Å². The van der Waals surface area contributed by atoms with Crippen molar-refractivity contribution >= 4 is 17.3 Å². The highest BCUT2D eigenvalue weighted by atomic mass is 16.2. The quantitative estimate of drug-likeness (QED) is 0.613. The topological polar surface area (TPSA) is 71.8 Å². The molecule has 3 aromatic rings. The highest BCUT2D eigenvalue weighted by Gasteiger charge is 2.18. The Balaban J connectivity index is 1.35. The molecule has 6 nitrogen and oxygen atoms in total. The fraction of sp³-hybridized carbons (Fsp3) is 0.348. The smallest absolute Gasteiger partial charge is 0.249 e. The van der Waals surface area contributed by atoms with Crippen molar-refractivity contribution in [2.75, 3.05) is 17.2 Å². The molecule has 0 saturated carbocycles. The molecule has 0 spiro atoms. The van der Waals surface area contributed by atoms with Crippen molar-refractivity contribution in [3.63, 3.8) is 0 Å². The van der Waals surface area contributed by atoms with Gasteiger partial charge in [0.1, 0.15) is 18.7 Å². The Hall–Kier alpha value is -3.15. The molecule has 0 fully saturated rings. The van der Waals surface area contributed by atoms with E-state index in [0.29, 0.717) is 5.92 Å². The summed E-state index contributed by atoms with van der Waals surface area (Å²) >= 11 is 0. The maximum atomic E-state index is 12.4. The number of anilines is 2. The molecule has 1 aliphatic carbocycles. The summed E-state index contributed by atoms with van der Waals surface area (Å²) in [6.07, 6.45) is 7.93. The van der Waals surface area contributed by atoms with E-state index >= 15 is 0 Å². The number of carbonyl (C=O) groups is 1. The fourth-order valence-corrected chi connectivity index (χ4v) is 3.93. The molecule has 0 radical (unpaired) electrons. The van der Waals surface area contributed by atoms with Crippen molar-refractivity contribution < 1.29 is 4.79 Å². The first-order valence-corrected chi connectivity index (χ1v) is 10.3. The molecule has 2 N–H and O–H groups in total. The predicted octanol–water partition coefficient (Wildman–Crippen LogP) is 4.40. The summed E-state index contributed by atoms with van der Waals surface area (Å²) in [7, 11) is 0. The molecule has 6 heteroatoms. The van der Waals surface area contributed by atoms with E-state index in [1.807, 2.05) is 24.3 Å². The van der Waals surface area contributed by atoms with Crippen LogP contribution in [0.2, 0.25) is 0 Å².